The molecule has 1 aromatic heterocycles. The molecule has 0 atom stereocenters. The van der Waals surface area contributed by atoms with Crippen LogP contribution in [0, 0.1) is 3.57 Å². The molecule has 2 nitrogen and oxygen atoms in total. The fourth-order valence-corrected chi connectivity index (χ4v) is 2.28. The Bertz CT molecular complexity index is 501. The summed E-state index contributed by atoms with van der Waals surface area (Å²) < 4.78 is 37.1. The largest absolute Gasteiger partial charge is 0.449 e. The topological polar surface area (TPSA) is 28.7 Å². The van der Waals surface area contributed by atoms with Crippen LogP contribution in [-0.2, 0) is 0 Å². The van der Waals surface area contributed by atoms with Gasteiger partial charge in [-0.1, -0.05) is 11.6 Å². The third-order valence-corrected chi connectivity index (χ3v) is 3.86. The van der Waals surface area contributed by atoms with Gasteiger partial charge < -0.3 is 4.98 Å². The highest BCUT2D eigenvalue weighted by atomic mass is 127. The van der Waals surface area contributed by atoms with Gasteiger partial charge in [-0.05, 0) is 34.7 Å². The molecule has 1 N–H and O–H groups in total. The van der Waals surface area contributed by atoms with E-state index in [1.807, 2.05) is 22.6 Å². The molecule has 0 unspecified atom stereocenters. The van der Waals surface area contributed by atoms with E-state index in [2.05, 4.69) is 9.97 Å². The van der Waals surface area contributed by atoms with E-state index in [-0.39, 0.29) is 16.9 Å². The predicted molar refractivity (Wildman–Crippen MR) is 65.7 cm³/mol. The van der Waals surface area contributed by atoms with Crippen LogP contribution in [0.5, 0.6) is 0 Å². The summed E-state index contributed by atoms with van der Waals surface area (Å²) in [6.45, 7) is 0. The van der Waals surface area contributed by atoms with Crippen LogP contribution in [0.1, 0.15) is 0 Å². The van der Waals surface area contributed by atoms with Gasteiger partial charge in [0.05, 0.1) is 16.1 Å². The highest BCUT2D eigenvalue weighted by Gasteiger charge is 2.31. The zero-order valence-corrected chi connectivity index (χ0v) is 11.1. The summed E-state index contributed by atoms with van der Waals surface area (Å²) >= 11 is 7.57. The van der Waals surface area contributed by atoms with Crippen molar-refractivity contribution in [2.75, 3.05) is 0 Å². The zero-order valence-electron chi connectivity index (χ0n) is 7.40. The van der Waals surface area contributed by atoms with Crippen molar-refractivity contribution in [2.24, 2.45) is 0 Å². The SMILES string of the molecule is FC(F)(F)Sc1nc2cc(I)c(Cl)cc2[nH]1. The number of hydrogen-bond acceptors (Lipinski definition) is 2. The van der Waals surface area contributed by atoms with E-state index >= 15 is 0 Å². The van der Waals surface area contributed by atoms with E-state index in [1.165, 1.54) is 0 Å². The Morgan fingerprint density at radius 3 is 2.69 bits per heavy atom. The molecule has 0 bridgehead atoms. The third-order valence-electron chi connectivity index (χ3n) is 1.71. The maximum atomic E-state index is 12.1. The molecule has 0 radical (unpaired) electrons. The molecule has 0 aliphatic heterocycles. The number of thioether (sulfide) groups is 1. The van der Waals surface area contributed by atoms with E-state index in [0.29, 0.717) is 16.1 Å². The van der Waals surface area contributed by atoms with Crippen molar-refractivity contribution in [3.05, 3.63) is 20.7 Å². The van der Waals surface area contributed by atoms with Gasteiger partial charge in [0.25, 0.3) is 0 Å². The van der Waals surface area contributed by atoms with Crippen LogP contribution in [0.15, 0.2) is 17.3 Å². The molecule has 16 heavy (non-hydrogen) atoms. The number of nitrogens with zero attached hydrogens (tertiary/aromatic N) is 1. The first kappa shape index (κ1) is 12.3. The van der Waals surface area contributed by atoms with E-state index in [9.17, 15) is 13.2 Å². The maximum Gasteiger partial charge on any atom is 0.449 e. The number of halogens is 5. The molecule has 0 saturated heterocycles. The minimum Gasteiger partial charge on any atom is -0.333 e. The van der Waals surface area contributed by atoms with Gasteiger partial charge >= 0.3 is 5.51 Å². The normalized spacial score (nSPS) is 12.3. The standard InChI is InChI=1S/C8H3ClF3IN2S/c9-3-1-5-6(2-4(3)13)15-7(14-5)16-8(10,11)12/h1-2H,(H,14,15). The highest BCUT2D eigenvalue weighted by molar-refractivity contribution is 14.1. The quantitative estimate of drug-likeness (QED) is 0.587. The van der Waals surface area contributed by atoms with Crippen LogP contribution in [-0.4, -0.2) is 15.5 Å². The molecule has 0 spiro atoms. The lowest BCUT2D eigenvalue weighted by atomic mass is 10.3. The second kappa shape index (κ2) is 4.26. The molecule has 8 heteroatoms. The maximum absolute atomic E-state index is 12.1. The minimum absolute atomic E-state index is 0.180. The summed E-state index contributed by atoms with van der Waals surface area (Å²) in [6, 6.07) is 3.20. The molecule has 0 aliphatic rings. The zero-order chi connectivity index (χ0) is 11.9. The second-order valence-corrected chi connectivity index (χ2v) is 5.50. The third kappa shape index (κ3) is 2.75. The number of aromatic nitrogens is 2. The van der Waals surface area contributed by atoms with Crippen molar-refractivity contribution < 1.29 is 13.2 Å². The van der Waals surface area contributed by atoms with E-state index in [0.717, 1.165) is 3.57 Å². The minimum atomic E-state index is -4.34. The van der Waals surface area contributed by atoms with Crippen LogP contribution in [0.2, 0.25) is 5.02 Å². The van der Waals surface area contributed by atoms with Crippen molar-refractivity contribution in [3.63, 3.8) is 0 Å². The van der Waals surface area contributed by atoms with E-state index in [4.69, 9.17) is 11.6 Å². The summed E-state index contributed by atoms with van der Waals surface area (Å²) in [4.78, 5) is 6.39. The van der Waals surface area contributed by atoms with Crippen LogP contribution < -0.4 is 0 Å². The highest BCUT2D eigenvalue weighted by Crippen LogP contribution is 2.36. The van der Waals surface area contributed by atoms with Crippen molar-refractivity contribution >= 4 is 57.0 Å². The molecular weight excluding hydrogens is 376 g/mol. The van der Waals surface area contributed by atoms with E-state index in [1.54, 1.807) is 12.1 Å². The summed E-state index contributed by atoms with van der Waals surface area (Å²) in [5, 5.41) is 0.306. The van der Waals surface area contributed by atoms with Gasteiger partial charge in [-0.2, -0.15) is 13.2 Å². The number of nitrogens with one attached hydrogen (secondary N) is 1. The van der Waals surface area contributed by atoms with Gasteiger partial charge in [-0.3, -0.25) is 0 Å². The lowest BCUT2D eigenvalue weighted by Gasteiger charge is -2.00. The van der Waals surface area contributed by atoms with Gasteiger partial charge in [-0.25, -0.2) is 4.98 Å². The summed E-state index contributed by atoms with van der Waals surface area (Å²) in [6.07, 6.45) is 0. The molecule has 86 valence electrons. The molecule has 0 saturated carbocycles. The molecule has 1 heterocycles. The summed E-state index contributed by atoms with van der Waals surface area (Å²) in [7, 11) is 0. The lowest BCUT2D eigenvalue weighted by Crippen LogP contribution is -1.99. The Morgan fingerprint density at radius 2 is 2.06 bits per heavy atom. The first-order valence-electron chi connectivity index (χ1n) is 3.96. The molecule has 0 fully saturated rings. The summed E-state index contributed by atoms with van der Waals surface area (Å²) in [5.41, 5.74) is -3.37. The molecule has 2 rings (SSSR count). The monoisotopic (exact) mass is 378 g/mol. The number of aromatic amines is 1. The van der Waals surface area contributed by atoms with E-state index < -0.39 is 5.51 Å². The van der Waals surface area contributed by atoms with Crippen LogP contribution in [0.3, 0.4) is 0 Å². The Kier molecular flexibility index (Phi) is 3.28. The fraction of sp³-hybridized carbons (Fsp3) is 0.125. The van der Waals surface area contributed by atoms with Crippen molar-refractivity contribution in [2.45, 2.75) is 10.7 Å². The fourth-order valence-electron chi connectivity index (χ4n) is 1.14. The van der Waals surface area contributed by atoms with Crippen LogP contribution in [0.25, 0.3) is 11.0 Å². The number of fused-ring (bicyclic) bond motifs is 1. The Morgan fingerprint density at radius 1 is 1.38 bits per heavy atom. The molecule has 0 aliphatic carbocycles. The smallest absolute Gasteiger partial charge is 0.333 e. The van der Waals surface area contributed by atoms with Crippen molar-refractivity contribution in [1.29, 1.82) is 0 Å². The lowest BCUT2D eigenvalue weighted by molar-refractivity contribution is -0.0330. The Hall–Kier alpha value is -0.150. The van der Waals surface area contributed by atoms with Crippen molar-refractivity contribution in [1.82, 2.24) is 9.97 Å². The number of H-pyrrole nitrogens is 1. The average molecular weight is 379 g/mol. The summed E-state index contributed by atoms with van der Waals surface area (Å²) in [5.74, 6) is 0. The average Bonchev–Trinajstić information content (AvgIpc) is 2.44. The van der Waals surface area contributed by atoms with Gasteiger partial charge in [-0.15, -0.1) is 0 Å². The number of alkyl halides is 3. The van der Waals surface area contributed by atoms with Crippen LogP contribution in [0.4, 0.5) is 13.2 Å². The van der Waals surface area contributed by atoms with Crippen LogP contribution >= 0.6 is 46.0 Å². The first-order chi connectivity index (χ1) is 7.35. The predicted octanol–water partition coefficient (Wildman–Crippen LogP) is 4.43. The van der Waals surface area contributed by atoms with Gasteiger partial charge in [0, 0.05) is 15.3 Å². The number of hydrogen-bond donors (Lipinski definition) is 1. The number of rotatable bonds is 1. The number of imidazole rings is 1. The second-order valence-electron chi connectivity index (χ2n) is 2.87. The first-order valence-corrected chi connectivity index (χ1v) is 6.23. The Labute approximate surface area is 111 Å². The number of benzene rings is 1. The van der Waals surface area contributed by atoms with Gasteiger partial charge in [0.15, 0.2) is 5.16 Å². The Balaban J connectivity index is 2.44. The van der Waals surface area contributed by atoms with Gasteiger partial charge in [0.2, 0.25) is 0 Å². The molecular formula is C8H3ClF3IN2S. The molecule has 2 aromatic rings. The molecule has 0 amide bonds. The van der Waals surface area contributed by atoms with Gasteiger partial charge in [0.1, 0.15) is 0 Å². The molecule has 1 aromatic carbocycles. The van der Waals surface area contributed by atoms with Crippen molar-refractivity contribution in [3.8, 4) is 0 Å².